The molecule has 1 aromatic carbocycles. The zero-order chi connectivity index (χ0) is 14.4. The molecule has 0 aliphatic carbocycles. The van der Waals surface area contributed by atoms with Crippen LogP contribution in [-0.2, 0) is 11.3 Å². The quantitative estimate of drug-likeness (QED) is 0.586. The van der Waals surface area contributed by atoms with Crippen LogP contribution in [0.2, 0.25) is 0 Å². The van der Waals surface area contributed by atoms with Crippen molar-refractivity contribution in [2.45, 2.75) is 26.4 Å². The number of nitrogen functional groups attached to an aromatic ring is 1. The molecule has 0 saturated heterocycles. The van der Waals surface area contributed by atoms with Crippen molar-refractivity contribution in [3.8, 4) is 0 Å². The monoisotopic (exact) mass is 267 g/mol. The highest BCUT2D eigenvalue weighted by Crippen LogP contribution is 2.15. The smallest absolute Gasteiger partial charge is 0.123 e. The van der Waals surface area contributed by atoms with E-state index < -0.39 is 0 Å². The van der Waals surface area contributed by atoms with Crippen molar-refractivity contribution in [1.29, 1.82) is 5.41 Å². The highest BCUT2D eigenvalue weighted by atomic mass is 19.1. The molecule has 0 spiro atoms. The number of benzene rings is 1. The van der Waals surface area contributed by atoms with Crippen LogP contribution < -0.4 is 5.73 Å². The molecule has 0 heterocycles. The lowest BCUT2D eigenvalue weighted by Crippen LogP contribution is -2.34. The van der Waals surface area contributed by atoms with Gasteiger partial charge in [0.15, 0.2) is 0 Å². The van der Waals surface area contributed by atoms with Gasteiger partial charge in [0.25, 0.3) is 0 Å². The fourth-order valence-corrected chi connectivity index (χ4v) is 1.88. The summed E-state index contributed by atoms with van der Waals surface area (Å²) < 4.78 is 18.3. The summed E-state index contributed by atoms with van der Waals surface area (Å²) in [5, 5.41) is 7.53. The van der Waals surface area contributed by atoms with Crippen LogP contribution in [0.15, 0.2) is 18.2 Å². The van der Waals surface area contributed by atoms with Crippen LogP contribution in [0.25, 0.3) is 0 Å². The molecule has 106 valence electrons. The number of nitrogens with one attached hydrogen (secondary N) is 1. The van der Waals surface area contributed by atoms with E-state index in [2.05, 4.69) is 18.7 Å². The molecule has 4 nitrogen and oxygen atoms in total. The Bertz CT molecular complexity index is 435. The molecule has 1 aromatic rings. The van der Waals surface area contributed by atoms with Crippen LogP contribution in [0.1, 0.15) is 25.0 Å². The normalized spacial score (nSPS) is 11.3. The Hall–Kier alpha value is -1.46. The topological polar surface area (TPSA) is 62.3 Å². The molecule has 0 unspecified atom stereocenters. The zero-order valence-corrected chi connectivity index (χ0v) is 11.7. The van der Waals surface area contributed by atoms with Gasteiger partial charge in [-0.2, -0.15) is 0 Å². The second kappa shape index (κ2) is 7.21. The van der Waals surface area contributed by atoms with Crippen molar-refractivity contribution >= 4 is 5.84 Å². The Morgan fingerprint density at radius 1 is 1.47 bits per heavy atom. The van der Waals surface area contributed by atoms with Crippen molar-refractivity contribution in [3.63, 3.8) is 0 Å². The Morgan fingerprint density at radius 2 is 2.16 bits per heavy atom. The van der Waals surface area contributed by atoms with Crippen molar-refractivity contribution in [1.82, 2.24) is 4.90 Å². The highest BCUT2D eigenvalue weighted by molar-refractivity contribution is 5.96. The van der Waals surface area contributed by atoms with Gasteiger partial charge in [0, 0.05) is 31.8 Å². The summed E-state index contributed by atoms with van der Waals surface area (Å²) in [6.07, 6.45) is 0. The van der Waals surface area contributed by atoms with E-state index in [1.54, 1.807) is 13.2 Å². The molecule has 0 fully saturated rings. The fraction of sp³-hybridized carbons (Fsp3) is 0.500. The Morgan fingerprint density at radius 3 is 2.68 bits per heavy atom. The van der Waals surface area contributed by atoms with Gasteiger partial charge in [-0.1, -0.05) is 6.07 Å². The lowest BCUT2D eigenvalue weighted by Gasteiger charge is -2.27. The summed E-state index contributed by atoms with van der Waals surface area (Å²) in [5.41, 5.74) is 6.83. The number of nitrogens with zero attached hydrogens (tertiary/aromatic N) is 1. The largest absolute Gasteiger partial charge is 0.384 e. The maximum absolute atomic E-state index is 13.2. The molecule has 0 radical (unpaired) electrons. The summed E-state index contributed by atoms with van der Waals surface area (Å²) in [6.45, 7) is 6.22. The average Bonchev–Trinajstić information content (AvgIpc) is 2.35. The zero-order valence-electron chi connectivity index (χ0n) is 11.7. The van der Waals surface area contributed by atoms with Gasteiger partial charge in [-0.25, -0.2) is 4.39 Å². The predicted molar refractivity (Wildman–Crippen MR) is 74.8 cm³/mol. The molecule has 0 aliphatic heterocycles. The van der Waals surface area contributed by atoms with Crippen molar-refractivity contribution in [2.24, 2.45) is 5.73 Å². The molecule has 0 aromatic heterocycles. The molecule has 19 heavy (non-hydrogen) atoms. The first-order valence-electron chi connectivity index (χ1n) is 6.31. The highest BCUT2D eigenvalue weighted by Gasteiger charge is 2.14. The van der Waals surface area contributed by atoms with Crippen LogP contribution in [0, 0.1) is 11.2 Å². The number of ether oxygens (including phenoxy) is 1. The summed E-state index contributed by atoms with van der Waals surface area (Å²) in [7, 11) is 1.66. The van der Waals surface area contributed by atoms with Crippen LogP contribution in [0.4, 0.5) is 4.39 Å². The van der Waals surface area contributed by atoms with Crippen molar-refractivity contribution in [2.75, 3.05) is 20.3 Å². The summed E-state index contributed by atoms with van der Waals surface area (Å²) in [6, 6.07) is 4.73. The van der Waals surface area contributed by atoms with Crippen molar-refractivity contribution < 1.29 is 9.13 Å². The standard InChI is InChI=1S/C14H22FN3O/c1-10(2)18(6-7-19-3)9-11-4-5-12(15)8-13(11)14(16)17/h4-5,8,10H,6-7,9H2,1-3H3,(H3,16,17). The van der Waals surface area contributed by atoms with Gasteiger partial charge < -0.3 is 10.5 Å². The van der Waals surface area contributed by atoms with Crippen LogP contribution in [-0.4, -0.2) is 37.0 Å². The van der Waals surface area contributed by atoms with E-state index in [-0.39, 0.29) is 11.7 Å². The minimum atomic E-state index is -0.373. The second-order valence-corrected chi connectivity index (χ2v) is 4.77. The van der Waals surface area contributed by atoms with E-state index in [9.17, 15) is 4.39 Å². The minimum absolute atomic E-state index is 0.107. The SMILES string of the molecule is COCCN(Cc1ccc(F)cc1C(=N)N)C(C)C. The first kappa shape index (κ1) is 15.6. The lowest BCUT2D eigenvalue weighted by atomic mass is 10.1. The maximum Gasteiger partial charge on any atom is 0.123 e. The molecule has 1 rings (SSSR count). The molecule has 5 heteroatoms. The van der Waals surface area contributed by atoms with Crippen LogP contribution >= 0.6 is 0 Å². The number of hydrogen-bond donors (Lipinski definition) is 2. The number of hydrogen-bond acceptors (Lipinski definition) is 3. The summed E-state index contributed by atoms with van der Waals surface area (Å²) in [4.78, 5) is 2.20. The molecule has 0 atom stereocenters. The van der Waals surface area contributed by atoms with Gasteiger partial charge in [-0.3, -0.25) is 10.3 Å². The van der Waals surface area contributed by atoms with Crippen LogP contribution in [0.3, 0.4) is 0 Å². The number of halogens is 1. The number of amidine groups is 1. The molecular weight excluding hydrogens is 245 g/mol. The van der Waals surface area contributed by atoms with Gasteiger partial charge >= 0.3 is 0 Å². The van der Waals surface area contributed by atoms with Gasteiger partial charge in [-0.15, -0.1) is 0 Å². The second-order valence-electron chi connectivity index (χ2n) is 4.77. The minimum Gasteiger partial charge on any atom is -0.384 e. The van der Waals surface area contributed by atoms with Gasteiger partial charge in [0.1, 0.15) is 11.7 Å². The molecule has 0 aliphatic rings. The predicted octanol–water partition coefficient (Wildman–Crippen LogP) is 1.97. The van der Waals surface area contributed by atoms with E-state index in [1.807, 2.05) is 0 Å². The molecule has 0 saturated carbocycles. The Balaban J connectivity index is 2.92. The van der Waals surface area contributed by atoms with Gasteiger partial charge in [-0.05, 0) is 31.5 Å². The van der Waals surface area contributed by atoms with Gasteiger partial charge in [0.05, 0.1) is 6.61 Å². The number of methoxy groups -OCH3 is 1. The Kier molecular flexibility index (Phi) is 5.92. The number of nitrogens with two attached hydrogens (primary N) is 1. The van der Waals surface area contributed by atoms with E-state index in [4.69, 9.17) is 15.9 Å². The van der Waals surface area contributed by atoms with E-state index >= 15 is 0 Å². The first-order chi connectivity index (χ1) is 8.95. The summed E-state index contributed by atoms with van der Waals surface area (Å²) in [5.74, 6) is -0.480. The Labute approximate surface area is 113 Å². The number of rotatable bonds is 7. The van der Waals surface area contributed by atoms with E-state index in [1.165, 1.54) is 12.1 Å². The van der Waals surface area contributed by atoms with E-state index in [0.717, 1.165) is 12.1 Å². The third-order valence-corrected chi connectivity index (χ3v) is 3.05. The fourth-order valence-electron chi connectivity index (χ4n) is 1.88. The average molecular weight is 267 g/mol. The lowest BCUT2D eigenvalue weighted by molar-refractivity contribution is 0.125. The first-order valence-corrected chi connectivity index (χ1v) is 6.31. The molecular formula is C14H22FN3O. The van der Waals surface area contributed by atoms with Crippen LogP contribution in [0.5, 0.6) is 0 Å². The maximum atomic E-state index is 13.2. The molecule has 3 N–H and O–H groups in total. The van der Waals surface area contributed by atoms with Crippen molar-refractivity contribution in [3.05, 3.63) is 35.1 Å². The summed E-state index contributed by atoms with van der Waals surface area (Å²) >= 11 is 0. The van der Waals surface area contributed by atoms with E-state index in [0.29, 0.717) is 24.8 Å². The van der Waals surface area contributed by atoms with Gasteiger partial charge in [0.2, 0.25) is 0 Å². The third kappa shape index (κ3) is 4.61. The molecule has 0 amide bonds. The molecule has 0 bridgehead atoms. The third-order valence-electron chi connectivity index (χ3n) is 3.05.